The van der Waals surface area contributed by atoms with Crippen LogP contribution in [0.25, 0.3) is 22.0 Å². The van der Waals surface area contributed by atoms with E-state index in [1.165, 1.54) is 11.1 Å². The van der Waals surface area contributed by atoms with Crippen LogP contribution in [0.2, 0.25) is 0 Å². The molecule has 1 aromatic heterocycles. The van der Waals surface area contributed by atoms with Gasteiger partial charge in [0.15, 0.2) is 0 Å². The highest BCUT2D eigenvalue weighted by atomic mass is 14.9. The third-order valence-corrected chi connectivity index (χ3v) is 4.78. The van der Waals surface area contributed by atoms with Crippen LogP contribution in [0.3, 0.4) is 0 Å². The number of aryl methyl sites for hydroxylation is 2. The lowest BCUT2D eigenvalue weighted by Crippen LogP contribution is -2.11. The Morgan fingerprint density at radius 2 is 1.75 bits per heavy atom. The molecule has 0 atom stereocenters. The lowest BCUT2D eigenvalue weighted by molar-refractivity contribution is 0.690. The van der Waals surface area contributed by atoms with E-state index in [0.717, 1.165) is 42.2 Å². The van der Waals surface area contributed by atoms with Crippen LogP contribution in [0.1, 0.15) is 35.4 Å². The summed E-state index contributed by atoms with van der Waals surface area (Å²) in [6.07, 6.45) is 4.21. The van der Waals surface area contributed by atoms with Crippen LogP contribution >= 0.6 is 0 Å². The number of nitrogen functional groups attached to an aromatic ring is 1. The third-order valence-electron chi connectivity index (χ3n) is 4.78. The zero-order valence-corrected chi connectivity index (χ0v) is 13.6. The highest BCUT2D eigenvalue weighted by molar-refractivity contribution is 6.01. The van der Waals surface area contributed by atoms with E-state index in [1.54, 1.807) is 0 Å². The highest BCUT2D eigenvalue weighted by Crippen LogP contribution is 2.41. The highest BCUT2D eigenvalue weighted by Gasteiger charge is 2.25. The number of fused-ring (bicyclic) bond motifs is 3. The molecule has 0 spiro atoms. The zero-order valence-electron chi connectivity index (χ0n) is 13.6. The lowest BCUT2D eigenvalue weighted by atomic mass is 9.81. The molecule has 0 amide bonds. The van der Waals surface area contributed by atoms with Gasteiger partial charge in [0.25, 0.3) is 0 Å². The number of nitriles is 1. The molecule has 0 bridgehead atoms. The van der Waals surface area contributed by atoms with E-state index in [2.05, 4.69) is 28.2 Å². The van der Waals surface area contributed by atoms with Crippen LogP contribution in [0.15, 0.2) is 30.3 Å². The number of hydrogen-bond donors (Lipinski definition) is 1. The summed E-state index contributed by atoms with van der Waals surface area (Å²) in [7, 11) is 0. The first-order valence-electron chi connectivity index (χ1n) is 8.27. The van der Waals surface area contributed by atoms with Crippen LogP contribution in [-0.4, -0.2) is 9.97 Å². The quantitative estimate of drug-likeness (QED) is 0.738. The van der Waals surface area contributed by atoms with Gasteiger partial charge in [-0.2, -0.15) is 5.26 Å². The fraction of sp³-hybridized carbons (Fsp3) is 0.250. The summed E-state index contributed by atoms with van der Waals surface area (Å²) in [5.74, 6) is 1.10. The molecule has 118 valence electrons. The number of hydrogen-bond acceptors (Lipinski definition) is 4. The summed E-state index contributed by atoms with van der Waals surface area (Å²) < 4.78 is 0. The van der Waals surface area contributed by atoms with Crippen molar-refractivity contribution in [3.63, 3.8) is 0 Å². The van der Waals surface area contributed by atoms with Crippen molar-refractivity contribution in [2.75, 3.05) is 5.73 Å². The third kappa shape index (κ3) is 2.13. The van der Waals surface area contributed by atoms with E-state index in [4.69, 9.17) is 5.73 Å². The first-order chi connectivity index (χ1) is 11.7. The second kappa shape index (κ2) is 5.61. The van der Waals surface area contributed by atoms with Gasteiger partial charge in [0.1, 0.15) is 17.7 Å². The van der Waals surface area contributed by atoms with Gasteiger partial charge < -0.3 is 5.73 Å². The Kier molecular flexibility index (Phi) is 3.42. The van der Waals surface area contributed by atoms with Crippen molar-refractivity contribution in [3.05, 3.63) is 52.8 Å². The van der Waals surface area contributed by atoms with Gasteiger partial charge >= 0.3 is 0 Å². The summed E-state index contributed by atoms with van der Waals surface area (Å²) >= 11 is 0. The first kappa shape index (κ1) is 14.6. The second-order valence-corrected chi connectivity index (χ2v) is 6.27. The van der Waals surface area contributed by atoms with Gasteiger partial charge in [-0.3, -0.25) is 0 Å². The van der Waals surface area contributed by atoms with Crippen molar-refractivity contribution in [1.29, 1.82) is 5.26 Å². The van der Waals surface area contributed by atoms with Crippen LogP contribution in [-0.2, 0) is 12.8 Å². The standard InChI is InChI=1S/C20H18N4/c1-12-23-19-16(11-21)17(13-7-3-2-4-8-13)14-9-5-6-10-15(14)18(19)20(22)24-12/h2-4,7-8H,5-6,9-10H2,1H3,(H2,22,23,24). The van der Waals surface area contributed by atoms with Gasteiger partial charge in [0.05, 0.1) is 11.1 Å². The Hall–Kier alpha value is -2.93. The average Bonchev–Trinajstić information content (AvgIpc) is 2.60. The molecule has 0 radical (unpaired) electrons. The molecule has 1 aliphatic rings. The molecule has 2 aromatic carbocycles. The molecule has 0 aliphatic heterocycles. The number of benzene rings is 2. The Morgan fingerprint density at radius 3 is 2.46 bits per heavy atom. The fourth-order valence-corrected chi connectivity index (χ4v) is 3.83. The molecule has 24 heavy (non-hydrogen) atoms. The van der Waals surface area contributed by atoms with E-state index < -0.39 is 0 Å². The first-order valence-corrected chi connectivity index (χ1v) is 8.27. The summed E-state index contributed by atoms with van der Waals surface area (Å²) in [6, 6.07) is 12.5. The molecule has 4 rings (SSSR count). The average molecular weight is 314 g/mol. The summed E-state index contributed by atoms with van der Waals surface area (Å²) in [4.78, 5) is 8.93. The number of rotatable bonds is 1. The van der Waals surface area contributed by atoms with Gasteiger partial charge in [-0.05, 0) is 49.3 Å². The maximum Gasteiger partial charge on any atom is 0.135 e. The smallest absolute Gasteiger partial charge is 0.135 e. The van der Waals surface area contributed by atoms with Crippen molar-refractivity contribution in [2.24, 2.45) is 0 Å². The maximum absolute atomic E-state index is 9.91. The molecule has 1 aliphatic carbocycles. The minimum absolute atomic E-state index is 0.492. The topological polar surface area (TPSA) is 75.6 Å². The largest absolute Gasteiger partial charge is 0.383 e. The SMILES string of the molecule is Cc1nc(N)c2c3c(c(-c4ccccc4)c(C#N)c2n1)CCCC3. The van der Waals surface area contributed by atoms with Gasteiger partial charge in [0, 0.05) is 10.9 Å². The molecule has 2 N–H and O–H groups in total. The molecule has 1 heterocycles. The van der Waals surface area contributed by atoms with Crippen molar-refractivity contribution in [3.8, 4) is 17.2 Å². The number of anilines is 1. The Balaban J connectivity index is 2.22. The van der Waals surface area contributed by atoms with Crippen LogP contribution in [0.5, 0.6) is 0 Å². The number of aromatic nitrogens is 2. The van der Waals surface area contributed by atoms with E-state index in [9.17, 15) is 5.26 Å². The van der Waals surface area contributed by atoms with E-state index in [1.807, 2.05) is 25.1 Å². The van der Waals surface area contributed by atoms with Crippen molar-refractivity contribution in [2.45, 2.75) is 32.6 Å². The van der Waals surface area contributed by atoms with Gasteiger partial charge in [-0.25, -0.2) is 9.97 Å². The Morgan fingerprint density at radius 1 is 1.04 bits per heavy atom. The van der Waals surface area contributed by atoms with Crippen molar-refractivity contribution >= 4 is 16.7 Å². The van der Waals surface area contributed by atoms with Gasteiger partial charge in [-0.15, -0.1) is 0 Å². The van der Waals surface area contributed by atoms with Crippen molar-refractivity contribution < 1.29 is 0 Å². The lowest BCUT2D eigenvalue weighted by Gasteiger charge is -2.24. The number of nitrogens with two attached hydrogens (primary N) is 1. The summed E-state index contributed by atoms with van der Waals surface area (Å²) in [5.41, 5.74) is 12.1. The van der Waals surface area contributed by atoms with E-state index in [-0.39, 0.29) is 0 Å². The van der Waals surface area contributed by atoms with Gasteiger partial charge in [0.2, 0.25) is 0 Å². The molecule has 0 fully saturated rings. The molecular formula is C20H18N4. The predicted molar refractivity (Wildman–Crippen MR) is 95.5 cm³/mol. The second-order valence-electron chi connectivity index (χ2n) is 6.27. The van der Waals surface area contributed by atoms with Crippen LogP contribution < -0.4 is 5.73 Å². The normalized spacial score (nSPS) is 13.5. The number of nitrogens with zero attached hydrogens (tertiary/aromatic N) is 3. The molecule has 4 heteroatoms. The van der Waals surface area contributed by atoms with E-state index in [0.29, 0.717) is 22.7 Å². The van der Waals surface area contributed by atoms with Gasteiger partial charge in [-0.1, -0.05) is 30.3 Å². The minimum atomic E-state index is 0.492. The maximum atomic E-state index is 9.91. The molecule has 0 saturated heterocycles. The minimum Gasteiger partial charge on any atom is -0.383 e. The summed E-state index contributed by atoms with van der Waals surface area (Å²) in [5, 5.41) is 10.8. The van der Waals surface area contributed by atoms with Crippen LogP contribution in [0, 0.1) is 18.3 Å². The zero-order chi connectivity index (χ0) is 16.7. The van der Waals surface area contributed by atoms with Crippen molar-refractivity contribution in [1.82, 2.24) is 9.97 Å². The molecular weight excluding hydrogens is 296 g/mol. The van der Waals surface area contributed by atoms with E-state index >= 15 is 0 Å². The Labute approximate surface area is 141 Å². The Bertz CT molecular complexity index is 984. The van der Waals surface area contributed by atoms with Crippen LogP contribution in [0.4, 0.5) is 5.82 Å². The molecule has 0 unspecified atom stereocenters. The predicted octanol–water partition coefficient (Wildman–Crippen LogP) is 3.94. The fourth-order valence-electron chi connectivity index (χ4n) is 3.83. The summed E-state index contributed by atoms with van der Waals surface area (Å²) in [6.45, 7) is 1.82. The molecule has 0 saturated carbocycles. The molecule has 3 aromatic rings. The molecule has 4 nitrogen and oxygen atoms in total. The monoisotopic (exact) mass is 314 g/mol.